The Balaban J connectivity index is 3.97. The zero-order chi connectivity index (χ0) is 8.91. The van der Waals surface area contributed by atoms with Crippen molar-refractivity contribution < 1.29 is 8.42 Å². The number of nitrogens with two attached hydrogens (primary N) is 2. The normalized spacial score (nSPS) is 12.4. The molecule has 0 saturated heterocycles. The first-order valence-corrected chi connectivity index (χ1v) is 5.00. The summed E-state index contributed by atoms with van der Waals surface area (Å²) in [7, 11) is -3.51. The van der Waals surface area contributed by atoms with Crippen LogP contribution in [-0.2, 0) is 10.2 Å². The highest BCUT2D eigenvalue weighted by Crippen LogP contribution is 1.94. The number of nitrogens with zero attached hydrogens (tertiary/aromatic N) is 1. The van der Waals surface area contributed by atoms with Crippen molar-refractivity contribution in [2.24, 2.45) is 10.9 Å². The molecule has 0 aliphatic heterocycles. The molecule has 0 atom stereocenters. The van der Waals surface area contributed by atoms with Crippen LogP contribution >= 0.6 is 0 Å². The van der Waals surface area contributed by atoms with E-state index in [0.29, 0.717) is 26.1 Å². The molecule has 0 amide bonds. The van der Waals surface area contributed by atoms with Crippen molar-refractivity contribution in [3.8, 4) is 0 Å². The standard InChI is InChI=1S/C5H15N3O2S/c1-2-8(5-3-4-6)11(7,9)10/h2-6H2,1H3,(H2,7,9,10). The molecule has 4 N–H and O–H groups in total. The molecule has 0 aromatic carbocycles. The molecule has 0 radical (unpaired) electrons. The van der Waals surface area contributed by atoms with Crippen LogP contribution in [0, 0.1) is 0 Å². The lowest BCUT2D eigenvalue weighted by Crippen LogP contribution is -2.37. The van der Waals surface area contributed by atoms with Crippen LogP contribution in [0.3, 0.4) is 0 Å². The predicted molar refractivity (Wildman–Crippen MR) is 44.0 cm³/mol. The summed E-state index contributed by atoms with van der Waals surface area (Å²) in [5, 5.41) is 4.89. The van der Waals surface area contributed by atoms with Gasteiger partial charge in [-0.2, -0.15) is 12.7 Å². The van der Waals surface area contributed by atoms with Crippen LogP contribution < -0.4 is 10.9 Å². The summed E-state index contributed by atoms with van der Waals surface area (Å²) in [5.74, 6) is 0. The smallest absolute Gasteiger partial charge is 0.276 e. The first kappa shape index (κ1) is 10.8. The molecule has 0 aliphatic rings. The van der Waals surface area contributed by atoms with Crippen LogP contribution in [0.5, 0.6) is 0 Å². The summed E-state index contributed by atoms with van der Waals surface area (Å²) in [6.07, 6.45) is 0.643. The van der Waals surface area contributed by atoms with E-state index < -0.39 is 10.2 Å². The third-order valence-electron chi connectivity index (χ3n) is 1.32. The summed E-state index contributed by atoms with van der Waals surface area (Å²) in [6, 6.07) is 0. The molecule has 0 spiro atoms. The molecule has 0 bridgehead atoms. The Hall–Kier alpha value is -0.170. The first-order chi connectivity index (χ1) is 5.02. The van der Waals surface area contributed by atoms with Crippen LogP contribution in [0.25, 0.3) is 0 Å². The maximum absolute atomic E-state index is 10.7. The van der Waals surface area contributed by atoms with Gasteiger partial charge in [0.1, 0.15) is 0 Å². The van der Waals surface area contributed by atoms with E-state index in [9.17, 15) is 8.42 Å². The molecule has 11 heavy (non-hydrogen) atoms. The molecule has 0 saturated carbocycles. The Bertz CT molecular complexity index is 190. The van der Waals surface area contributed by atoms with E-state index in [-0.39, 0.29) is 0 Å². The molecule has 0 rings (SSSR count). The Morgan fingerprint density at radius 1 is 1.45 bits per heavy atom. The molecule has 0 unspecified atom stereocenters. The molecule has 0 aromatic rings. The average molecular weight is 181 g/mol. The third kappa shape index (κ3) is 4.31. The van der Waals surface area contributed by atoms with Gasteiger partial charge in [0.15, 0.2) is 0 Å². The van der Waals surface area contributed by atoms with E-state index in [2.05, 4.69) is 0 Å². The number of rotatable bonds is 5. The first-order valence-electron chi connectivity index (χ1n) is 3.50. The molecule has 0 aliphatic carbocycles. The lowest BCUT2D eigenvalue weighted by atomic mass is 10.4. The fraction of sp³-hybridized carbons (Fsp3) is 1.00. The van der Waals surface area contributed by atoms with E-state index in [1.165, 1.54) is 4.31 Å². The maximum Gasteiger partial charge on any atom is 0.276 e. The van der Waals surface area contributed by atoms with Crippen LogP contribution in [0.2, 0.25) is 0 Å². The van der Waals surface area contributed by atoms with E-state index in [1.807, 2.05) is 0 Å². The number of hydrogen-bond donors (Lipinski definition) is 2. The van der Waals surface area contributed by atoms with Gasteiger partial charge in [-0.05, 0) is 13.0 Å². The summed E-state index contributed by atoms with van der Waals surface area (Å²) >= 11 is 0. The lowest BCUT2D eigenvalue weighted by Gasteiger charge is -2.15. The zero-order valence-electron chi connectivity index (χ0n) is 6.66. The Morgan fingerprint density at radius 2 is 2.00 bits per heavy atom. The molecule has 0 heterocycles. The summed E-state index contributed by atoms with van der Waals surface area (Å²) in [6.45, 7) is 3.03. The van der Waals surface area contributed by atoms with Crippen molar-refractivity contribution in [3.05, 3.63) is 0 Å². The van der Waals surface area contributed by atoms with Gasteiger partial charge in [0.05, 0.1) is 0 Å². The van der Waals surface area contributed by atoms with Crippen molar-refractivity contribution in [2.45, 2.75) is 13.3 Å². The van der Waals surface area contributed by atoms with Gasteiger partial charge in [-0.3, -0.25) is 0 Å². The largest absolute Gasteiger partial charge is 0.330 e. The summed E-state index contributed by atoms with van der Waals surface area (Å²) in [4.78, 5) is 0. The average Bonchev–Trinajstić information content (AvgIpc) is 1.87. The second kappa shape index (κ2) is 4.66. The highest BCUT2D eigenvalue weighted by molar-refractivity contribution is 7.86. The van der Waals surface area contributed by atoms with Gasteiger partial charge in [-0.15, -0.1) is 0 Å². The molecule has 68 valence electrons. The quantitative estimate of drug-likeness (QED) is 0.562. The van der Waals surface area contributed by atoms with E-state index in [0.717, 1.165) is 0 Å². The fourth-order valence-corrected chi connectivity index (χ4v) is 1.48. The predicted octanol–water partition coefficient (Wildman–Crippen LogP) is -1.14. The summed E-state index contributed by atoms with van der Waals surface area (Å²) < 4.78 is 22.7. The van der Waals surface area contributed by atoms with Crippen molar-refractivity contribution >= 4 is 10.2 Å². The highest BCUT2D eigenvalue weighted by atomic mass is 32.2. The van der Waals surface area contributed by atoms with Crippen LogP contribution in [-0.4, -0.2) is 32.4 Å². The van der Waals surface area contributed by atoms with Gasteiger partial charge in [-0.25, -0.2) is 5.14 Å². The van der Waals surface area contributed by atoms with Crippen molar-refractivity contribution in [1.29, 1.82) is 0 Å². The molecular formula is C5H15N3O2S. The van der Waals surface area contributed by atoms with Gasteiger partial charge in [0, 0.05) is 13.1 Å². The zero-order valence-corrected chi connectivity index (χ0v) is 7.47. The van der Waals surface area contributed by atoms with Gasteiger partial charge >= 0.3 is 0 Å². The van der Waals surface area contributed by atoms with Crippen molar-refractivity contribution in [3.63, 3.8) is 0 Å². The molecule has 0 aromatic heterocycles. The second-order valence-corrected chi connectivity index (χ2v) is 3.73. The molecule has 6 heteroatoms. The Kier molecular flexibility index (Phi) is 4.58. The molecular weight excluding hydrogens is 166 g/mol. The van der Waals surface area contributed by atoms with Crippen LogP contribution in [0.4, 0.5) is 0 Å². The van der Waals surface area contributed by atoms with Crippen molar-refractivity contribution in [2.75, 3.05) is 19.6 Å². The minimum absolute atomic E-state index is 0.402. The minimum atomic E-state index is -3.51. The van der Waals surface area contributed by atoms with Gasteiger partial charge in [0.2, 0.25) is 0 Å². The second-order valence-electron chi connectivity index (χ2n) is 2.18. The number of hydrogen-bond acceptors (Lipinski definition) is 3. The lowest BCUT2D eigenvalue weighted by molar-refractivity contribution is 0.424. The third-order valence-corrected chi connectivity index (χ3v) is 2.48. The van der Waals surface area contributed by atoms with Crippen LogP contribution in [0.1, 0.15) is 13.3 Å². The van der Waals surface area contributed by atoms with E-state index >= 15 is 0 Å². The molecule has 5 nitrogen and oxygen atoms in total. The van der Waals surface area contributed by atoms with E-state index in [1.54, 1.807) is 6.92 Å². The maximum atomic E-state index is 10.7. The summed E-state index contributed by atoms with van der Waals surface area (Å²) in [5.41, 5.74) is 5.21. The Morgan fingerprint density at radius 3 is 2.27 bits per heavy atom. The molecule has 0 fully saturated rings. The van der Waals surface area contributed by atoms with Gasteiger partial charge < -0.3 is 5.73 Å². The monoisotopic (exact) mass is 181 g/mol. The Labute approximate surface area is 67.5 Å². The van der Waals surface area contributed by atoms with Gasteiger partial charge in [-0.1, -0.05) is 6.92 Å². The SMILES string of the molecule is CCN(CCCN)S(N)(=O)=O. The highest BCUT2D eigenvalue weighted by Gasteiger charge is 2.12. The topological polar surface area (TPSA) is 89.4 Å². The van der Waals surface area contributed by atoms with Crippen molar-refractivity contribution in [1.82, 2.24) is 4.31 Å². The van der Waals surface area contributed by atoms with Gasteiger partial charge in [0.25, 0.3) is 10.2 Å². The minimum Gasteiger partial charge on any atom is -0.330 e. The van der Waals surface area contributed by atoms with E-state index in [4.69, 9.17) is 10.9 Å². The van der Waals surface area contributed by atoms with Crippen LogP contribution in [0.15, 0.2) is 0 Å². The fourth-order valence-electron chi connectivity index (χ4n) is 0.733.